The lowest BCUT2D eigenvalue weighted by atomic mass is 9.81. The van der Waals surface area contributed by atoms with Gasteiger partial charge in [0.05, 0.1) is 61.0 Å². The Balaban J connectivity index is 1.21. The molecule has 0 aliphatic carbocycles. The molecule has 0 aromatic carbocycles. The summed E-state index contributed by atoms with van der Waals surface area (Å²) in [6, 6.07) is -0.193. The summed E-state index contributed by atoms with van der Waals surface area (Å²) in [5, 5.41) is 0. The lowest BCUT2D eigenvalue weighted by molar-refractivity contribution is -0.366. The van der Waals surface area contributed by atoms with E-state index in [4.69, 9.17) is 57.8 Å². The maximum Gasteiger partial charge on any atom is 0.173 e. The van der Waals surface area contributed by atoms with Gasteiger partial charge in [0, 0.05) is 37.9 Å². The molecule has 0 spiro atoms. The summed E-state index contributed by atoms with van der Waals surface area (Å²) in [4.78, 5) is 0. The Labute approximate surface area is 339 Å². The van der Waals surface area contributed by atoms with E-state index in [0.29, 0.717) is 11.8 Å². The van der Waals surface area contributed by atoms with Gasteiger partial charge in [-0.15, -0.1) is 0 Å². The summed E-state index contributed by atoms with van der Waals surface area (Å²) in [7, 11) is 3.45. The Morgan fingerprint density at radius 3 is 1.25 bits per heavy atom. The molecule has 10 unspecified atom stereocenters. The maximum absolute atomic E-state index is 6.95. The van der Waals surface area contributed by atoms with E-state index in [9.17, 15) is 0 Å². The van der Waals surface area contributed by atoms with Crippen LogP contribution in [0, 0.1) is 53.3 Å². The monoisotopic (exact) mass is 800 g/mol. The van der Waals surface area contributed by atoms with Gasteiger partial charge in [-0.1, -0.05) is 83.1 Å². The van der Waals surface area contributed by atoms with Gasteiger partial charge in [0.15, 0.2) is 31.5 Å². The number of nitrogens with two attached hydrogens (primary N) is 1. The van der Waals surface area contributed by atoms with Crippen molar-refractivity contribution >= 4 is 0 Å². The lowest BCUT2D eigenvalue weighted by Gasteiger charge is -2.52. The number of hydrogen-bond donors (Lipinski definition) is 1. The number of hydrogen-bond acceptors (Lipinski definition) is 12. The molecule has 0 saturated carbocycles. The lowest BCUT2D eigenvalue weighted by Crippen LogP contribution is -2.61. The summed E-state index contributed by atoms with van der Waals surface area (Å²) in [6.07, 6.45) is -1.30. The van der Waals surface area contributed by atoms with Gasteiger partial charge in [0.2, 0.25) is 0 Å². The van der Waals surface area contributed by atoms with Gasteiger partial charge in [-0.2, -0.15) is 0 Å². The van der Waals surface area contributed by atoms with E-state index in [1.807, 2.05) is 6.92 Å². The van der Waals surface area contributed by atoms with Crippen LogP contribution in [0.25, 0.3) is 0 Å². The minimum Gasteiger partial charge on any atom is -0.378 e. The SMILES string of the molecule is CCC1O[C@@H](O[C@@H]2C(C)O[C@@H](O[C@@H]3C(CC)O[C@@H](O[C@@H]4C(C)O[C@@H](O[C@@H]5C(CC)O[C@H](OC)C(C)[C@H]5C)C(C)[C@@H]4OC)C(C)[C@H]3C)C(C)[C@H]2C)C(N)[C@@H](C)[C@@H]1C. The van der Waals surface area contributed by atoms with Crippen molar-refractivity contribution in [3.05, 3.63) is 0 Å². The molecule has 5 aliphatic heterocycles. The first kappa shape index (κ1) is 46.6. The molecule has 5 heterocycles. The molecule has 0 aromatic heterocycles. The molecule has 0 radical (unpaired) electrons. The molecule has 328 valence electrons. The summed E-state index contributed by atoms with van der Waals surface area (Å²) in [5.41, 5.74) is 6.68. The first-order valence-corrected chi connectivity index (χ1v) is 22.2. The Morgan fingerprint density at radius 1 is 0.357 bits per heavy atom. The highest BCUT2D eigenvalue weighted by Gasteiger charge is 2.53. The number of rotatable bonds is 13. The zero-order valence-corrected chi connectivity index (χ0v) is 37.6. The van der Waals surface area contributed by atoms with Gasteiger partial charge in [0.1, 0.15) is 6.10 Å². The molecule has 56 heavy (non-hydrogen) atoms. The van der Waals surface area contributed by atoms with Crippen LogP contribution in [0.4, 0.5) is 0 Å². The van der Waals surface area contributed by atoms with Crippen LogP contribution in [-0.2, 0) is 52.1 Å². The molecule has 0 amide bonds. The van der Waals surface area contributed by atoms with Crippen LogP contribution >= 0.6 is 0 Å². The molecule has 0 bridgehead atoms. The third-order valence-electron chi connectivity index (χ3n) is 15.1. The molecular weight excluding hydrogens is 718 g/mol. The Morgan fingerprint density at radius 2 is 0.750 bits per heavy atom. The highest BCUT2D eigenvalue weighted by molar-refractivity contribution is 4.95. The second kappa shape index (κ2) is 19.9. The average Bonchev–Trinajstić information content (AvgIpc) is 3.18. The van der Waals surface area contributed by atoms with Crippen LogP contribution in [-0.4, -0.2) is 113 Å². The Kier molecular flexibility index (Phi) is 16.6. The molecule has 2 N–H and O–H groups in total. The van der Waals surface area contributed by atoms with Crippen LogP contribution in [0.5, 0.6) is 0 Å². The molecule has 5 aliphatic rings. The van der Waals surface area contributed by atoms with Gasteiger partial charge in [-0.05, 0) is 62.7 Å². The fourth-order valence-electron chi connectivity index (χ4n) is 10.2. The van der Waals surface area contributed by atoms with Crippen molar-refractivity contribution in [1.82, 2.24) is 0 Å². The van der Waals surface area contributed by atoms with Crippen molar-refractivity contribution in [3.63, 3.8) is 0 Å². The third kappa shape index (κ3) is 9.37. The van der Waals surface area contributed by atoms with Crippen molar-refractivity contribution in [2.24, 2.45) is 59.0 Å². The molecule has 5 rings (SSSR count). The van der Waals surface area contributed by atoms with Crippen molar-refractivity contribution < 1.29 is 52.1 Å². The standard InChI is InChI=1S/C44H81NO11/c1-17-31-20(4)21(5)34(45)44(50-31)53-35-22(6)26(10)41(48-29(35)13)54-37-24(8)27(11)42(52-33(37)19-3)56-39-30(14)49-43(28(12)38(39)46-15)55-36-23(7)25(9)40(47-16)51-32(36)18-2/h20-44H,17-19,45H2,1-16H3/t20-,21-,22+,23+,24+,25?,26?,27?,28?,29?,30?,31?,32?,33?,34?,35-,36-,37-,38-,39+,40-,41-,42-,43-,44-/m0/s1. The van der Waals surface area contributed by atoms with Crippen LogP contribution in [0.1, 0.15) is 116 Å². The van der Waals surface area contributed by atoms with Gasteiger partial charge in [-0.3, -0.25) is 0 Å². The van der Waals surface area contributed by atoms with Gasteiger partial charge >= 0.3 is 0 Å². The fourth-order valence-corrected chi connectivity index (χ4v) is 10.2. The molecule has 5 saturated heterocycles. The molecule has 5 fully saturated rings. The van der Waals surface area contributed by atoms with E-state index in [-0.39, 0.29) is 115 Å². The second-order valence-corrected chi connectivity index (χ2v) is 18.4. The van der Waals surface area contributed by atoms with E-state index in [1.165, 1.54) is 0 Å². The van der Waals surface area contributed by atoms with E-state index in [1.54, 1.807) is 14.2 Å². The normalized spacial score (nSPS) is 53.2. The fraction of sp³-hybridized carbons (Fsp3) is 1.00. The highest BCUT2D eigenvalue weighted by Crippen LogP contribution is 2.43. The minimum absolute atomic E-state index is 0.0307. The van der Waals surface area contributed by atoms with Crippen LogP contribution in [0.15, 0.2) is 0 Å². The zero-order valence-electron chi connectivity index (χ0n) is 37.6. The molecule has 12 heteroatoms. The molecule has 12 nitrogen and oxygen atoms in total. The first-order valence-electron chi connectivity index (χ1n) is 22.2. The van der Waals surface area contributed by atoms with E-state index in [0.717, 1.165) is 19.3 Å². The minimum atomic E-state index is -0.476. The predicted octanol–water partition coefficient (Wildman–Crippen LogP) is 7.14. The predicted molar refractivity (Wildman–Crippen MR) is 213 cm³/mol. The summed E-state index contributed by atoms with van der Waals surface area (Å²) >= 11 is 0. The van der Waals surface area contributed by atoms with E-state index >= 15 is 0 Å². The van der Waals surface area contributed by atoms with Gasteiger partial charge in [-0.25, -0.2) is 0 Å². The summed E-state index contributed by atoms with van der Waals surface area (Å²) < 4.78 is 72.0. The zero-order chi connectivity index (χ0) is 41.3. The third-order valence-corrected chi connectivity index (χ3v) is 15.1. The smallest absolute Gasteiger partial charge is 0.173 e. The van der Waals surface area contributed by atoms with Crippen LogP contribution < -0.4 is 5.73 Å². The van der Waals surface area contributed by atoms with E-state index in [2.05, 4.69) is 90.0 Å². The number of methoxy groups -OCH3 is 2. The Bertz CT molecular complexity index is 1190. The summed E-state index contributed by atoms with van der Waals surface area (Å²) in [6.45, 7) is 30.3. The second-order valence-electron chi connectivity index (χ2n) is 18.4. The first-order chi connectivity index (χ1) is 26.5. The topological polar surface area (TPSA) is 128 Å². The summed E-state index contributed by atoms with van der Waals surface area (Å²) in [5.74, 6) is 1.37. The molecule has 25 atom stereocenters. The molecule has 0 aromatic rings. The molecular formula is C44H81NO11. The van der Waals surface area contributed by atoms with Crippen molar-refractivity contribution in [3.8, 4) is 0 Å². The van der Waals surface area contributed by atoms with Crippen molar-refractivity contribution in [2.75, 3.05) is 14.2 Å². The van der Waals surface area contributed by atoms with Crippen molar-refractivity contribution in [1.29, 1.82) is 0 Å². The Hall–Kier alpha value is -0.480. The van der Waals surface area contributed by atoms with Gasteiger partial charge in [0.25, 0.3) is 0 Å². The van der Waals surface area contributed by atoms with Crippen molar-refractivity contribution in [2.45, 2.75) is 215 Å². The highest BCUT2D eigenvalue weighted by atomic mass is 16.8. The maximum atomic E-state index is 6.95. The number of ether oxygens (including phenoxy) is 11. The quantitative estimate of drug-likeness (QED) is 0.204. The average molecular weight is 800 g/mol. The van der Waals surface area contributed by atoms with Crippen LogP contribution in [0.3, 0.4) is 0 Å². The van der Waals surface area contributed by atoms with Gasteiger partial charge < -0.3 is 57.8 Å². The van der Waals surface area contributed by atoms with Crippen LogP contribution in [0.2, 0.25) is 0 Å². The largest absolute Gasteiger partial charge is 0.378 e. The van der Waals surface area contributed by atoms with E-state index < -0.39 is 25.2 Å².